The van der Waals surface area contributed by atoms with E-state index in [1.807, 2.05) is 13.0 Å². The highest BCUT2D eigenvalue weighted by Gasteiger charge is 2.16. The number of sulfone groups is 1. The molecule has 0 heterocycles. The summed E-state index contributed by atoms with van der Waals surface area (Å²) in [6, 6.07) is 11.7. The molecule has 0 aliphatic heterocycles. The van der Waals surface area contributed by atoms with Crippen LogP contribution in [0.4, 0.5) is 5.69 Å². The van der Waals surface area contributed by atoms with Crippen molar-refractivity contribution in [1.82, 2.24) is 0 Å². The molecule has 2 aromatic rings. The minimum atomic E-state index is -3.41. The van der Waals surface area contributed by atoms with Gasteiger partial charge in [0.05, 0.1) is 16.1 Å². The highest BCUT2D eigenvalue weighted by molar-refractivity contribution is 9.10. The van der Waals surface area contributed by atoms with Gasteiger partial charge in [-0.3, -0.25) is 4.79 Å². The molecule has 0 atom stereocenters. The molecule has 0 radical (unpaired) electrons. The van der Waals surface area contributed by atoms with Crippen LogP contribution in [0.3, 0.4) is 0 Å². The average Bonchev–Trinajstić information content (AvgIpc) is 2.41. The predicted molar refractivity (Wildman–Crippen MR) is 86.4 cm³/mol. The minimum absolute atomic E-state index is 0.0992. The SMILES string of the molecule is Cc1ccc(Br)c(C(=O)Nc2ccccc2S(C)(=O)=O)c1. The van der Waals surface area contributed by atoms with Crippen LogP contribution in [0.1, 0.15) is 15.9 Å². The van der Waals surface area contributed by atoms with Crippen LogP contribution in [0.25, 0.3) is 0 Å². The first-order valence-corrected chi connectivity index (χ1v) is 8.84. The van der Waals surface area contributed by atoms with Gasteiger partial charge in [0.25, 0.3) is 5.91 Å². The maximum absolute atomic E-state index is 12.3. The van der Waals surface area contributed by atoms with Crippen LogP contribution >= 0.6 is 15.9 Å². The minimum Gasteiger partial charge on any atom is -0.321 e. The Labute approximate surface area is 132 Å². The first kappa shape index (κ1) is 15.7. The van der Waals surface area contributed by atoms with Crippen molar-refractivity contribution in [3.63, 3.8) is 0 Å². The number of rotatable bonds is 3. The number of hydrogen-bond donors (Lipinski definition) is 1. The largest absolute Gasteiger partial charge is 0.321 e. The number of nitrogens with one attached hydrogen (secondary N) is 1. The lowest BCUT2D eigenvalue weighted by atomic mass is 10.1. The van der Waals surface area contributed by atoms with E-state index >= 15 is 0 Å². The topological polar surface area (TPSA) is 63.2 Å². The molecule has 0 aliphatic carbocycles. The van der Waals surface area contributed by atoms with Crippen molar-refractivity contribution in [2.24, 2.45) is 0 Å². The maximum Gasteiger partial charge on any atom is 0.256 e. The van der Waals surface area contributed by atoms with Gasteiger partial charge in [0, 0.05) is 10.7 Å². The van der Waals surface area contributed by atoms with Crippen molar-refractivity contribution in [2.45, 2.75) is 11.8 Å². The van der Waals surface area contributed by atoms with Crippen molar-refractivity contribution in [2.75, 3.05) is 11.6 Å². The highest BCUT2D eigenvalue weighted by atomic mass is 79.9. The first-order valence-electron chi connectivity index (χ1n) is 6.15. The fourth-order valence-corrected chi connectivity index (χ4v) is 3.17. The van der Waals surface area contributed by atoms with E-state index in [0.717, 1.165) is 11.8 Å². The Hall–Kier alpha value is -1.66. The number of para-hydroxylation sites is 1. The predicted octanol–water partition coefficient (Wildman–Crippen LogP) is 3.41. The standard InChI is InChI=1S/C15H14BrNO3S/c1-10-7-8-12(16)11(9-10)15(18)17-13-5-3-4-6-14(13)21(2,19)20/h3-9H,1-2H3,(H,17,18). The quantitative estimate of drug-likeness (QED) is 0.903. The number of aryl methyl sites for hydroxylation is 1. The summed E-state index contributed by atoms with van der Waals surface area (Å²) in [5.41, 5.74) is 1.68. The lowest BCUT2D eigenvalue weighted by Crippen LogP contribution is -2.15. The molecule has 0 bridgehead atoms. The number of carbonyl (C=O) groups excluding carboxylic acids is 1. The third kappa shape index (κ3) is 3.71. The van der Waals surface area contributed by atoms with Crippen LogP contribution in [-0.2, 0) is 9.84 Å². The van der Waals surface area contributed by atoms with Crippen molar-refractivity contribution in [3.8, 4) is 0 Å². The average molecular weight is 368 g/mol. The van der Waals surface area contributed by atoms with Gasteiger partial charge in [-0.2, -0.15) is 0 Å². The van der Waals surface area contributed by atoms with Crippen LogP contribution in [0.15, 0.2) is 51.8 Å². The second-order valence-electron chi connectivity index (χ2n) is 4.71. The molecule has 0 aliphatic rings. The van der Waals surface area contributed by atoms with Crippen molar-refractivity contribution in [3.05, 3.63) is 58.1 Å². The van der Waals surface area contributed by atoms with Crippen LogP contribution in [0, 0.1) is 6.92 Å². The summed E-state index contributed by atoms with van der Waals surface area (Å²) in [7, 11) is -3.41. The van der Waals surface area contributed by atoms with E-state index in [2.05, 4.69) is 21.2 Å². The Bertz CT molecular complexity index is 800. The molecule has 0 aromatic heterocycles. The van der Waals surface area contributed by atoms with E-state index in [1.165, 1.54) is 6.07 Å². The molecule has 2 aromatic carbocycles. The summed E-state index contributed by atoms with van der Waals surface area (Å²) < 4.78 is 24.1. The molecule has 2 rings (SSSR count). The van der Waals surface area contributed by atoms with Crippen LogP contribution < -0.4 is 5.32 Å². The Morgan fingerprint density at radius 2 is 1.81 bits per heavy atom. The fourth-order valence-electron chi connectivity index (χ4n) is 1.90. The molecule has 6 heteroatoms. The highest BCUT2D eigenvalue weighted by Crippen LogP contribution is 2.23. The van der Waals surface area contributed by atoms with Crippen LogP contribution in [0.2, 0.25) is 0 Å². The Morgan fingerprint density at radius 1 is 1.14 bits per heavy atom. The summed E-state index contributed by atoms with van der Waals surface area (Å²) in [6.45, 7) is 1.88. The van der Waals surface area contributed by atoms with Gasteiger partial charge in [-0.25, -0.2) is 8.42 Å². The molecule has 0 fully saturated rings. The van der Waals surface area contributed by atoms with E-state index in [9.17, 15) is 13.2 Å². The van der Waals surface area contributed by atoms with E-state index in [-0.39, 0.29) is 16.5 Å². The zero-order valence-corrected chi connectivity index (χ0v) is 14.0. The summed E-state index contributed by atoms with van der Waals surface area (Å²) in [5, 5.41) is 2.65. The molecule has 21 heavy (non-hydrogen) atoms. The molecule has 1 amide bonds. The van der Waals surface area contributed by atoms with E-state index in [0.29, 0.717) is 10.0 Å². The molecule has 0 spiro atoms. The zero-order valence-electron chi connectivity index (χ0n) is 11.6. The molecule has 4 nitrogen and oxygen atoms in total. The maximum atomic E-state index is 12.3. The Kier molecular flexibility index (Phi) is 4.49. The molecule has 110 valence electrons. The molecule has 0 saturated heterocycles. The second kappa shape index (κ2) is 5.99. The number of anilines is 1. The van der Waals surface area contributed by atoms with Gasteiger partial charge in [-0.1, -0.05) is 23.8 Å². The second-order valence-corrected chi connectivity index (χ2v) is 7.54. The number of carbonyl (C=O) groups is 1. The first-order chi connectivity index (χ1) is 9.79. The smallest absolute Gasteiger partial charge is 0.256 e. The van der Waals surface area contributed by atoms with Gasteiger partial charge in [0.1, 0.15) is 0 Å². The number of amides is 1. The van der Waals surface area contributed by atoms with Gasteiger partial charge in [0.15, 0.2) is 9.84 Å². The third-order valence-electron chi connectivity index (χ3n) is 2.90. The van der Waals surface area contributed by atoms with E-state index in [1.54, 1.807) is 30.3 Å². The van der Waals surface area contributed by atoms with Gasteiger partial charge in [-0.05, 0) is 47.1 Å². The summed E-state index contributed by atoms with van der Waals surface area (Å²) >= 11 is 3.32. The van der Waals surface area contributed by atoms with Gasteiger partial charge >= 0.3 is 0 Å². The molecule has 0 saturated carbocycles. The molecular weight excluding hydrogens is 354 g/mol. The molecular formula is C15H14BrNO3S. The van der Waals surface area contributed by atoms with Gasteiger partial charge < -0.3 is 5.32 Å². The zero-order chi connectivity index (χ0) is 15.6. The number of hydrogen-bond acceptors (Lipinski definition) is 3. The Morgan fingerprint density at radius 3 is 2.48 bits per heavy atom. The molecule has 1 N–H and O–H groups in total. The summed E-state index contributed by atoms with van der Waals surface area (Å²) in [6.07, 6.45) is 1.11. The summed E-state index contributed by atoms with van der Waals surface area (Å²) in [5.74, 6) is -0.360. The lowest BCUT2D eigenvalue weighted by molar-refractivity contribution is 0.102. The number of halogens is 1. The monoisotopic (exact) mass is 367 g/mol. The van der Waals surface area contributed by atoms with Crippen LogP contribution in [0.5, 0.6) is 0 Å². The normalized spacial score (nSPS) is 11.2. The van der Waals surface area contributed by atoms with Crippen LogP contribution in [-0.4, -0.2) is 20.6 Å². The van der Waals surface area contributed by atoms with E-state index < -0.39 is 9.84 Å². The van der Waals surface area contributed by atoms with Crippen molar-refractivity contribution < 1.29 is 13.2 Å². The van der Waals surface area contributed by atoms with Gasteiger partial charge in [0.2, 0.25) is 0 Å². The Balaban J connectivity index is 2.39. The van der Waals surface area contributed by atoms with E-state index in [4.69, 9.17) is 0 Å². The van der Waals surface area contributed by atoms with Crippen molar-refractivity contribution >= 4 is 37.4 Å². The number of benzene rings is 2. The fraction of sp³-hybridized carbons (Fsp3) is 0.133. The lowest BCUT2D eigenvalue weighted by Gasteiger charge is -2.11. The third-order valence-corrected chi connectivity index (χ3v) is 4.75. The summed E-state index contributed by atoms with van der Waals surface area (Å²) in [4.78, 5) is 12.4. The molecule has 0 unspecified atom stereocenters. The van der Waals surface area contributed by atoms with Crippen molar-refractivity contribution in [1.29, 1.82) is 0 Å². The van der Waals surface area contributed by atoms with Gasteiger partial charge in [-0.15, -0.1) is 0 Å².